The van der Waals surface area contributed by atoms with Crippen LogP contribution in [0.5, 0.6) is 5.75 Å². The minimum Gasteiger partial charge on any atom is -0.497 e. The third-order valence-corrected chi connectivity index (χ3v) is 4.13. The van der Waals surface area contributed by atoms with Crippen LogP contribution in [0.3, 0.4) is 0 Å². The molecule has 0 bridgehead atoms. The third kappa shape index (κ3) is 2.23. The van der Waals surface area contributed by atoms with Crippen molar-refractivity contribution in [2.24, 2.45) is 0 Å². The number of esters is 1. The van der Waals surface area contributed by atoms with Crippen LogP contribution >= 0.6 is 0 Å². The average molecular weight is 305 g/mol. The Bertz CT molecular complexity index is 903. The second-order valence-corrected chi connectivity index (χ2v) is 5.45. The summed E-state index contributed by atoms with van der Waals surface area (Å²) in [7, 11) is 1.65. The van der Waals surface area contributed by atoms with Gasteiger partial charge in [-0.2, -0.15) is 0 Å². The molecular weight excluding hydrogens is 290 g/mol. The molecule has 4 heteroatoms. The molecule has 0 unspecified atom stereocenters. The van der Waals surface area contributed by atoms with Gasteiger partial charge >= 0.3 is 5.97 Å². The minimum absolute atomic E-state index is 0.346. The van der Waals surface area contributed by atoms with Crippen LogP contribution in [0.25, 0.3) is 22.0 Å². The Balaban J connectivity index is 2.12. The Labute approximate surface area is 133 Å². The Morgan fingerprint density at radius 1 is 1.13 bits per heavy atom. The van der Waals surface area contributed by atoms with E-state index in [4.69, 9.17) is 9.47 Å². The SMILES string of the molecule is COc1ccc2nc3c(c(-c4ccccc4)c2c1)CCOC3=O. The summed E-state index contributed by atoms with van der Waals surface area (Å²) >= 11 is 0. The second-order valence-electron chi connectivity index (χ2n) is 5.45. The molecule has 0 saturated heterocycles. The van der Waals surface area contributed by atoms with Crippen LogP contribution in [0.2, 0.25) is 0 Å². The first kappa shape index (κ1) is 13.8. The van der Waals surface area contributed by atoms with Crippen LogP contribution in [-0.4, -0.2) is 24.7 Å². The summed E-state index contributed by atoms with van der Waals surface area (Å²) in [5.41, 5.74) is 4.25. The van der Waals surface area contributed by atoms with Gasteiger partial charge < -0.3 is 9.47 Å². The molecule has 114 valence electrons. The number of benzene rings is 2. The highest BCUT2D eigenvalue weighted by Crippen LogP contribution is 2.36. The highest BCUT2D eigenvalue weighted by Gasteiger charge is 2.25. The first-order valence-corrected chi connectivity index (χ1v) is 7.51. The quantitative estimate of drug-likeness (QED) is 0.678. The molecule has 2 heterocycles. The van der Waals surface area contributed by atoms with E-state index in [0.717, 1.165) is 33.3 Å². The van der Waals surface area contributed by atoms with Gasteiger partial charge in [0.2, 0.25) is 0 Å². The monoisotopic (exact) mass is 305 g/mol. The topological polar surface area (TPSA) is 48.4 Å². The molecule has 0 aliphatic carbocycles. The largest absolute Gasteiger partial charge is 0.497 e. The molecule has 1 aliphatic heterocycles. The van der Waals surface area contributed by atoms with E-state index in [1.165, 1.54) is 0 Å². The third-order valence-electron chi connectivity index (χ3n) is 4.13. The zero-order valence-electron chi connectivity index (χ0n) is 12.7. The van der Waals surface area contributed by atoms with Crippen molar-refractivity contribution in [3.8, 4) is 16.9 Å². The van der Waals surface area contributed by atoms with Gasteiger partial charge in [-0.25, -0.2) is 9.78 Å². The highest BCUT2D eigenvalue weighted by molar-refractivity contribution is 6.03. The number of carbonyl (C=O) groups is 1. The number of aromatic nitrogens is 1. The number of hydrogen-bond donors (Lipinski definition) is 0. The van der Waals surface area contributed by atoms with E-state index in [1.807, 2.05) is 36.4 Å². The summed E-state index contributed by atoms with van der Waals surface area (Å²) in [6.07, 6.45) is 0.672. The van der Waals surface area contributed by atoms with Crippen molar-refractivity contribution >= 4 is 16.9 Å². The molecule has 0 amide bonds. The highest BCUT2D eigenvalue weighted by atomic mass is 16.5. The number of methoxy groups -OCH3 is 1. The molecule has 1 aliphatic rings. The molecule has 0 N–H and O–H groups in total. The number of nitrogens with zero attached hydrogens (tertiary/aromatic N) is 1. The molecule has 2 aromatic carbocycles. The van der Waals surface area contributed by atoms with Crippen molar-refractivity contribution in [3.05, 3.63) is 59.8 Å². The van der Waals surface area contributed by atoms with E-state index in [-0.39, 0.29) is 5.97 Å². The number of cyclic esters (lactones) is 1. The molecule has 1 aromatic heterocycles. The van der Waals surface area contributed by atoms with Crippen LogP contribution in [0.15, 0.2) is 48.5 Å². The standard InChI is InChI=1S/C19H15NO3/c1-22-13-7-8-16-15(11-13)17(12-5-3-2-4-6-12)14-9-10-23-19(21)18(14)20-16/h2-8,11H,9-10H2,1H3. The predicted molar refractivity (Wildman–Crippen MR) is 87.7 cm³/mol. The lowest BCUT2D eigenvalue weighted by atomic mass is 9.91. The van der Waals surface area contributed by atoms with Crippen molar-refractivity contribution in [2.45, 2.75) is 6.42 Å². The number of pyridine rings is 1. The van der Waals surface area contributed by atoms with Gasteiger partial charge in [0.25, 0.3) is 0 Å². The summed E-state index contributed by atoms with van der Waals surface area (Å²) < 4.78 is 10.5. The molecule has 0 fully saturated rings. The smallest absolute Gasteiger partial charge is 0.357 e. The lowest BCUT2D eigenvalue weighted by Gasteiger charge is -2.20. The van der Waals surface area contributed by atoms with Crippen molar-refractivity contribution in [3.63, 3.8) is 0 Å². The maximum absolute atomic E-state index is 12.1. The maximum Gasteiger partial charge on any atom is 0.357 e. The van der Waals surface area contributed by atoms with Crippen molar-refractivity contribution in [1.82, 2.24) is 4.98 Å². The molecule has 0 spiro atoms. The van der Waals surface area contributed by atoms with E-state index in [9.17, 15) is 4.79 Å². The van der Waals surface area contributed by atoms with Crippen LogP contribution in [0.1, 0.15) is 16.1 Å². The maximum atomic E-state index is 12.1. The van der Waals surface area contributed by atoms with Gasteiger partial charge in [-0.15, -0.1) is 0 Å². The van der Waals surface area contributed by atoms with Crippen LogP contribution in [0.4, 0.5) is 0 Å². The second kappa shape index (κ2) is 5.39. The van der Waals surface area contributed by atoms with Gasteiger partial charge in [-0.3, -0.25) is 0 Å². The number of rotatable bonds is 2. The van der Waals surface area contributed by atoms with Gasteiger partial charge in [0.15, 0.2) is 5.69 Å². The molecular formula is C19H15NO3. The van der Waals surface area contributed by atoms with Gasteiger partial charge in [-0.1, -0.05) is 30.3 Å². The van der Waals surface area contributed by atoms with Gasteiger partial charge in [0, 0.05) is 11.8 Å². The van der Waals surface area contributed by atoms with Gasteiger partial charge in [0.1, 0.15) is 5.75 Å². The van der Waals surface area contributed by atoms with Crippen molar-refractivity contribution in [1.29, 1.82) is 0 Å². The first-order chi connectivity index (χ1) is 11.3. The molecule has 0 saturated carbocycles. The molecule has 0 radical (unpaired) electrons. The van der Waals surface area contributed by atoms with E-state index >= 15 is 0 Å². The molecule has 0 atom stereocenters. The first-order valence-electron chi connectivity index (χ1n) is 7.51. The molecule has 4 rings (SSSR count). The normalized spacial score (nSPS) is 13.5. The average Bonchev–Trinajstić information content (AvgIpc) is 2.60. The minimum atomic E-state index is -0.346. The number of fused-ring (bicyclic) bond motifs is 2. The number of hydrogen-bond acceptors (Lipinski definition) is 4. The lowest BCUT2D eigenvalue weighted by Crippen LogP contribution is -2.20. The van der Waals surface area contributed by atoms with Crippen molar-refractivity contribution in [2.75, 3.05) is 13.7 Å². The lowest BCUT2D eigenvalue weighted by molar-refractivity contribution is 0.0473. The van der Waals surface area contributed by atoms with E-state index in [1.54, 1.807) is 7.11 Å². The molecule has 4 nitrogen and oxygen atoms in total. The summed E-state index contributed by atoms with van der Waals surface area (Å²) in [6.45, 7) is 0.392. The predicted octanol–water partition coefficient (Wildman–Crippen LogP) is 3.62. The van der Waals surface area contributed by atoms with Crippen LogP contribution < -0.4 is 4.74 Å². The van der Waals surface area contributed by atoms with Gasteiger partial charge in [-0.05, 0) is 34.9 Å². The van der Waals surface area contributed by atoms with Crippen molar-refractivity contribution < 1.29 is 14.3 Å². The summed E-state index contributed by atoms with van der Waals surface area (Å²) in [4.78, 5) is 16.7. The van der Waals surface area contributed by atoms with E-state index in [2.05, 4.69) is 17.1 Å². The fraction of sp³-hybridized carbons (Fsp3) is 0.158. The van der Waals surface area contributed by atoms with Gasteiger partial charge in [0.05, 0.1) is 19.2 Å². The number of carbonyl (C=O) groups excluding carboxylic acids is 1. The molecule has 23 heavy (non-hydrogen) atoms. The Hall–Kier alpha value is -2.88. The van der Waals surface area contributed by atoms with E-state index < -0.39 is 0 Å². The zero-order chi connectivity index (χ0) is 15.8. The van der Waals surface area contributed by atoms with E-state index in [0.29, 0.717) is 18.7 Å². The van der Waals surface area contributed by atoms with Crippen LogP contribution in [0, 0.1) is 0 Å². The zero-order valence-corrected chi connectivity index (χ0v) is 12.7. The Morgan fingerprint density at radius 2 is 1.96 bits per heavy atom. The fourth-order valence-corrected chi connectivity index (χ4v) is 3.07. The summed E-state index contributed by atoms with van der Waals surface area (Å²) in [5.74, 6) is 0.427. The fourth-order valence-electron chi connectivity index (χ4n) is 3.07. The summed E-state index contributed by atoms with van der Waals surface area (Å²) in [6, 6.07) is 15.8. The number of ether oxygens (including phenoxy) is 2. The Kier molecular flexibility index (Phi) is 3.23. The van der Waals surface area contributed by atoms with Crippen LogP contribution in [-0.2, 0) is 11.2 Å². The molecule has 3 aromatic rings. The Morgan fingerprint density at radius 3 is 2.74 bits per heavy atom. The summed E-state index contributed by atoms with van der Waals surface area (Å²) in [5, 5.41) is 0.990.